The van der Waals surface area contributed by atoms with Crippen molar-refractivity contribution in [1.29, 1.82) is 0 Å². The number of amides is 1. The van der Waals surface area contributed by atoms with Crippen LogP contribution in [0.2, 0.25) is 0 Å². The van der Waals surface area contributed by atoms with Gasteiger partial charge in [0.25, 0.3) is 0 Å². The Bertz CT molecular complexity index is 784. The lowest BCUT2D eigenvalue weighted by Gasteiger charge is -2.31. The van der Waals surface area contributed by atoms with Crippen LogP contribution in [-0.4, -0.2) is 39.6 Å². The van der Waals surface area contributed by atoms with E-state index in [-0.39, 0.29) is 11.6 Å². The second-order valence-electron chi connectivity index (χ2n) is 6.88. The quantitative estimate of drug-likeness (QED) is 0.868. The van der Waals surface area contributed by atoms with E-state index in [0.29, 0.717) is 32.0 Å². The van der Waals surface area contributed by atoms with Crippen LogP contribution in [0.4, 0.5) is 0 Å². The van der Waals surface area contributed by atoms with Crippen molar-refractivity contribution in [3.8, 4) is 0 Å². The molecule has 25 heavy (non-hydrogen) atoms. The molecule has 6 heteroatoms. The monoisotopic (exact) mass is 344 g/mol. The Hall–Kier alpha value is -2.08. The summed E-state index contributed by atoms with van der Waals surface area (Å²) in [5, 5.41) is 0. The van der Waals surface area contributed by atoms with E-state index in [9.17, 15) is 9.59 Å². The standard InChI is InChI=1S/C19H28N4O2/c1-2-10-22-16-5-3-4-6-17(16)23(19(22)25)13-9-18(24)21-11-7-15(14-20)8-12-21/h3-6,15H,2,7-14,20H2,1H3. The lowest BCUT2D eigenvalue weighted by atomic mass is 9.97. The summed E-state index contributed by atoms with van der Waals surface area (Å²) in [6.07, 6.45) is 3.24. The molecule has 0 radical (unpaired) electrons. The number of hydrogen-bond acceptors (Lipinski definition) is 3. The molecule has 2 aromatic rings. The fourth-order valence-corrected chi connectivity index (χ4v) is 3.71. The highest BCUT2D eigenvalue weighted by molar-refractivity contribution is 5.78. The first-order valence-electron chi connectivity index (χ1n) is 9.31. The SMILES string of the molecule is CCCn1c(=O)n(CCC(=O)N2CCC(CN)CC2)c2ccccc21. The summed E-state index contributed by atoms with van der Waals surface area (Å²) in [5.74, 6) is 0.674. The van der Waals surface area contributed by atoms with Gasteiger partial charge in [-0.3, -0.25) is 13.9 Å². The number of carbonyl (C=O) groups excluding carboxylic acids is 1. The lowest BCUT2D eigenvalue weighted by Crippen LogP contribution is -2.40. The molecule has 2 heterocycles. The Morgan fingerprint density at radius 2 is 1.72 bits per heavy atom. The third kappa shape index (κ3) is 3.63. The Labute approximate surface area is 148 Å². The van der Waals surface area contributed by atoms with E-state index in [1.54, 1.807) is 4.57 Å². The number of aromatic nitrogens is 2. The van der Waals surface area contributed by atoms with Gasteiger partial charge in [-0.15, -0.1) is 0 Å². The van der Waals surface area contributed by atoms with Gasteiger partial charge in [-0.1, -0.05) is 19.1 Å². The number of nitrogens with zero attached hydrogens (tertiary/aromatic N) is 3. The molecule has 0 saturated carbocycles. The molecule has 1 aliphatic heterocycles. The Balaban J connectivity index is 1.72. The van der Waals surface area contributed by atoms with E-state index in [2.05, 4.69) is 6.92 Å². The molecule has 0 aliphatic carbocycles. The topological polar surface area (TPSA) is 73.3 Å². The number of para-hydroxylation sites is 2. The molecule has 0 atom stereocenters. The van der Waals surface area contributed by atoms with Crippen LogP contribution in [0.15, 0.2) is 29.1 Å². The smallest absolute Gasteiger partial charge is 0.329 e. The van der Waals surface area contributed by atoms with Gasteiger partial charge in [0.1, 0.15) is 0 Å². The highest BCUT2D eigenvalue weighted by Crippen LogP contribution is 2.17. The second kappa shape index (κ2) is 7.87. The molecule has 0 unspecified atom stereocenters. The molecular weight excluding hydrogens is 316 g/mol. The van der Waals surface area contributed by atoms with Crippen LogP contribution in [0, 0.1) is 5.92 Å². The first-order chi connectivity index (χ1) is 12.2. The van der Waals surface area contributed by atoms with Gasteiger partial charge < -0.3 is 10.6 Å². The number of piperidine rings is 1. The van der Waals surface area contributed by atoms with E-state index in [4.69, 9.17) is 5.73 Å². The number of rotatable bonds is 6. The molecule has 136 valence electrons. The van der Waals surface area contributed by atoms with E-state index in [1.165, 1.54) is 0 Å². The lowest BCUT2D eigenvalue weighted by molar-refractivity contribution is -0.132. The minimum absolute atomic E-state index is 0.0160. The van der Waals surface area contributed by atoms with Crippen LogP contribution in [0.3, 0.4) is 0 Å². The van der Waals surface area contributed by atoms with Crippen molar-refractivity contribution in [3.63, 3.8) is 0 Å². The number of imidazole rings is 1. The van der Waals surface area contributed by atoms with Gasteiger partial charge >= 0.3 is 5.69 Å². The van der Waals surface area contributed by atoms with Gasteiger partial charge in [-0.25, -0.2) is 4.79 Å². The van der Waals surface area contributed by atoms with Gasteiger partial charge in [0.2, 0.25) is 5.91 Å². The molecule has 6 nitrogen and oxygen atoms in total. The number of hydrogen-bond donors (Lipinski definition) is 1. The van der Waals surface area contributed by atoms with Crippen molar-refractivity contribution in [2.45, 2.75) is 45.7 Å². The molecule has 1 aromatic heterocycles. The normalized spacial score (nSPS) is 15.8. The zero-order valence-electron chi connectivity index (χ0n) is 15.0. The average molecular weight is 344 g/mol. The number of nitrogens with two attached hydrogens (primary N) is 1. The predicted molar refractivity (Wildman–Crippen MR) is 99.5 cm³/mol. The van der Waals surface area contributed by atoms with Crippen molar-refractivity contribution < 1.29 is 4.79 Å². The summed E-state index contributed by atoms with van der Waals surface area (Å²) < 4.78 is 3.56. The average Bonchev–Trinajstić information content (AvgIpc) is 2.92. The van der Waals surface area contributed by atoms with E-state index < -0.39 is 0 Å². The minimum atomic E-state index is -0.0160. The largest absolute Gasteiger partial charge is 0.343 e. The van der Waals surface area contributed by atoms with Gasteiger partial charge in [0.15, 0.2) is 0 Å². The van der Waals surface area contributed by atoms with Crippen LogP contribution in [0.5, 0.6) is 0 Å². The minimum Gasteiger partial charge on any atom is -0.343 e. The number of benzene rings is 1. The molecule has 3 rings (SSSR count). The highest BCUT2D eigenvalue weighted by atomic mass is 16.2. The molecule has 2 N–H and O–H groups in total. The van der Waals surface area contributed by atoms with E-state index in [0.717, 1.165) is 43.4 Å². The number of aryl methyl sites for hydroxylation is 2. The summed E-state index contributed by atoms with van der Waals surface area (Å²) in [4.78, 5) is 27.2. The Morgan fingerprint density at radius 1 is 1.12 bits per heavy atom. The Kier molecular flexibility index (Phi) is 5.58. The third-order valence-corrected chi connectivity index (χ3v) is 5.22. The second-order valence-corrected chi connectivity index (χ2v) is 6.88. The van der Waals surface area contributed by atoms with Gasteiger partial charge in [0.05, 0.1) is 11.0 Å². The van der Waals surface area contributed by atoms with Gasteiger partial charge in [-0.05, 0) is 43.9 Å². The molecule has 0 bridgehead atoms. The van der Waals surface area contributed by atoms with E-state index >= 15 is 0 Å². The highest BCUT2D eigenvalue weighted by Gasteiger charge is 2.22. The summed E-state index contributed by atoms with van der Waals surface area (Å²) in [5.41, 5.74) is 7.56. The first kappa shape index (κ1) is 17.7. The predicted octanol–water partition coefficient (Wildman–Crippen LogP) is 1.80. The maximum absolute atomic E-state index is 12.7. The Morgan fingerprint density at radius 3 is 2.28 bits per heavy atom. The summed E-state index contributed by atoms with van der Waals surface area (Å²) >= 11 is 0. The zero-order valence-corrected chi connectivity index (χ0v) is 15.0. The van der Waals surface area contributed by atoms with Crippen molar-refractivity contribution in [3.05, 3.63) is 34.7 Å². The summed E-state index contributed by atoms with van der Waals surface area (Å²) in [6, 6.07) is 7.82. The zero-order chi connectivity index (χ0) is 17.8. The molecule has 1 aliphatic rings. The summed E-state index contributed by atoms with van der Waals surface area (Å²) in [6.45, 7) is 5.47. The maximum atomic E-state index is 12.7. The molecule has 1 fully saturated rings. The number of likely N-dealkylation sites (tertiary alicyclic amines) is 1. The number of fused-ring (bicyclic) bond motifs is 1. The van der Waals surface area contributed by atoms with E-state index in [1.807, 2.05) is 33.7 Å². The van der Waals surface area contributed by atoms with Gasteiger partial charge in [0, 0.05) is 32.6 Å². The molecule has 0 spiro atoms. The molecular formula is C19H28N4O2. The number of carbonyl (C=O) groups is 1. The van der Waals surface area contributed by atoms with Crippen molar-refractivity contribution >= 4 is 16.9 Å². The molecule has 1 saturated heterocycles. The van der Waals surface area contributed by atoms with Crippen LogP contribution in [0.1, 0.15) is 32.6 Å². The van der Waals surface area contributed by atoms with Crippen LogP contribution in [0.25, 0.3) is 11.0 Å². The first-order valence-corrected chi connectivity index (χ1v) is 9.31. The van der Waals surface area contributed by atoms with Crippen LogP contribution >= 0.6 is 0 Å². The fraction of sp³-hybridized carbons (Fsp3) is 0.579. The third-order valence-electron chi connectivity index (χ3n) is 5.22. The molecule has 1 amide bonds. The van der Waals surface area contributed by atoms with Crippen molar-refractivity contribution in [2.24, 2.45) is 11.7 Å². The fourth-order valence-electron chi connectivity index (χ4n) is 3.71. The van der Waals surface area contributed by atoms with Crippen molar-refractivity contribution in [2.75, 3.05) is 19.6 Å². The maximum Gasteiger partial charge on any atom is 0.329 e. The molecule has 1 aromatic carbocycles. The van der Waals surface area contributed by atoms with Gasteiger partial charge in [-0.2, -0.15) is 0 Å². The van der Waals surface area contributed by atoms with Crippen LogP contribution in [-0.2, 0) is 17.9 Å². The van der Waals surface area contributed by atoms with Crippen LogP contribution < -0.4 is 11.4 Å². The van der Waals surface area contributed by atoms with Crippen molar-refractivity contribution in [1.82, 2.24) is 14.0 Å². The summed E-state index contributed by atoms with van der Waals surface area (Å²) in [7, 11) is 0.